The van der Waals surface area contributed by atoms with Gasteiger partial charge in [-0.25, -0.2) is 0 Å². The Morgan fingerprint density at radius 2 is 1.67 bits per heavy atom. The van der Waals surface area contributed by atoms with Crippen molar-refractivity contribution in [2.45, 2.75) is 78.4 Å². The largest absolute Gasteiger partial charge is 0.387 e. The van der Waals surface area contributed by atoms with E-state index in [4.69, 9.17) is 0 Å². The van der Waals surface area contributed by atoms with Crippen molar-refractivity contribution in [2.75, 3.05) is 5.32 Å². The van der Waals surface area contributed by atoms with E-state index in [2.05, 4.69) is 43.6 Å². The third-order valence-corrected chi connectivity index (χ3v) is 4.93. The summed E-state index contributed by atoms with van der Waals surface area (Å²) in [6, 6.07) is 6.28. The van der Waals surface area contributed by atoms with E-state index in [9.17, 15) is 10.1 Å². The van der Waals surface area contributed by atoms with E-state index in [1.165, 1.54) is 0 Å². The average molecular weight is 369 g/mol. The maximum absolute atomic E-state index is 12.6. The van der Waals surface area contributed by atoms with E-state index in [-0.39, 0.29) is 28.6 Å². The van der Waals surface area contributed by atoms with Gasteiger partial charge in [0.25, 0.3) is 5.91 Å². The molecule has 0 atom stereocenters. The molecule has 0 saturated carbocycles. The van der Waals surface area contributed by atoms with Gasteiger partial charge in [0, 0.05) is 29.0 Å². The standard InChI is InChI=1S/C22H32N4O/c1-14-8-15(2)19(16(3)9-14)25-20(27)17(12-23)13-24-18-10-21(4,5)26-22(6,7)11-18/h8-9,13,18,24,26H,10-11H2,1-7H3,(H,25,27)/b17-13-. The number of hydrogen-bond donors (Lipinski definition) is 3. The van der Waals surface area contributed by atoms with Crippen LogP contribution >= 0.6 is 0 Å². The Bertz CT molecular complexity index is 760. The molecule has 1 aromatic rings. The molecule has 1 aromatic carbocycles. The number of nitrogens with one attached hydrogen (secondary N) is 3. The fraction of sp³-hybridized carbons (Fsp3) is 0.545. The van der Waals surface area contributed by atoms with Gasteiger partial charge in [0.05, 0.1) is 0 Å². The highest BCUT2D eigenvalue weighted by Crippen LogP contribution is 2.28. The van der Waals surface area contributed by atoms with Crippen LogP contribution in [0.1, 0.15) is 57.2 Å². The van der Waals surface area contributed by atoms with Gasteiger partial charge >= 0.3 is 0 Å². The summed E-state index contributed by atoms with van der Waals surface area (Å²) in [6.07, 6.45) is 3.41. The van der Waals surface area contributed by atoms with Gasteiger partial charge < -0.3 is 16.0 Å². The number of aryl methyl sites for hydroxylation is 3. The number of carbonyl (C=O) groups excluding carboxylic acids is 1. The van der Waals surface area contributed by atoms with E-state index in [1.54, 1.807) is 6.20 Å². The van der Waals surface area contributed by atoms with Crippen molar-refractivity contribution in [1.29, 1.82) is 5.26 Å². The van der Waals surface area contributed by atoms with Crippen LogP contribution in [-0.4, -0.2) is 23.0 Å². The van der Waals surface area contributed by atoms with Crippen LogP contribution in [0.3, 0.4) is 0 Å². The lowest BCUT2D eigenvalue weighted by atomic mass is 9.80. The molecule has 0 spiro atoms. The molecule has 3 N–H and O–H groups in total. The van der Waals surface area contributed by atoms with E-state index in [0.717, 1.165) is 35.2 Å². The van der Waals surface area contributed by atoms with Gasteiger partial charge in [-0.3, -0.25) is 4.79 Å². The quantitative estimate of drug-likeness (QED) is 0.557. The van der Waals surface area contributed by atoms with Crippen LogP contribution in [0, 0.1) is 32.1 Å². The molecule has 0 bridgehead atoms. The second-order valence-corrected chi connectivity index (χ2v) is 9.06. The molecule has 1 fully saturated rings. The number of nitrogens with zero attached hydrogens (tertiary/aromatic N) is 1. The zero-order valence-electron chi connectivity index (χ0n) is 17.6. The van der Waals surface area contributed by atoms with Crippen molar-refractivity contribution in [1.82, 2.24) is 10.6 Å². The minimum atomic E-state index is -0.382. The number of anilines is 1. The molecule has 5 nitrogen and oxygen atoms in total. The predicted octanol–water partition coefficient (Wildman–Crippen LogP) is 3.86. The van der Waals surface area contributed by atoms with E-state index >= 15 is 0 Å². The molecule has 146 valence electrons. The molecule has 1 aliphatic heterocycles. The van der Waals surface area contributed by atoms with E-state index in [1.807, 2.05) is 39.0 Å². The smallest absolute Gasteiger partial charge is 0.267 e. The highest BCUT2D eigenvalue weighted by atomic mass is 16.1. The van der Waals surface area contributed by atoms with Gasteiger partial charge in [0.15, 0.2) is 0 Å². The summed E-state index contributed by atoms with van der Waals surface area (Å²) in [5.74, 6) is -0.382. The lowest BCUT2D eigenvalue weighted by Crippen LogP contribution is -2.61. The molecule has 27 heavy (non-hydrogen) atoms. The van der Waals surface area contributed by atoms with Crippen LogP contribution in [-0.2, 0) is 4.79 Å². The van der Waals surface area contributed by atoms with Gasteiger partial charge in [-0.15, -0.1) is 0 Å². The summed E-state index contributed by atoms with van der Waals surface area (Å²) in [5, 5.41) is 19.3. The van der Waals surface area contributed by atoms with Crippen molar-refractivity contribution >= 4 is 11.6 Å². The monoisotopic (exact) mass is 368 g/mol. The van der Waals surface area contributed by atoms with Crippen LogP contribution < -0.4 is 16.0 Å². The Labute approximate surface area is 163 Å². The number of amides is 1. The zero-order valence-corrected chi connectivity index (χ0v) is 17.6. The topological polar surface area (TPSA) is 77.0 Å². The first kappa shape index (κ1) is 21.0. The summed E-state index contributed by atoms with van der Waals surface area (Å²) in [4.78, 5) is 12.6. The molecule has 0 aliphatic carbocycles. The third-order valence-electron chi connectivity index (χ3n) is 4.93. The van der Waals surface area contributed by atoms with E-state index < -0.39 is 0 Å². The molecule has 2 rings (SSSR count). The highest BCUT2D eigenvalue weighted by Gasteiger charge is 2.37. The first-order valence-electron chi connectivity index (χ1n) is 9.47. The Hall–Kier alpha value is -2.32. The highest BCUT2D eigenvalue weighted by molar-refractivity contribution is 6.07. The van der Waals surface area contributed by atoms with Crippen LogP contribution in [0.25, 0.3) is 0 Å². The second kappa shape index (κ2) is 7.74. The summed E-state index contributed by atoms with van der Waals surface area (Å²) in [7, 11) is 0. The fourth-order valence-electron chi connectivity index (χ4n) is 4.35. The molecule has 0 radical (unpaired) electrons. The molecule has 1 amide bonds. The molecular weight excluding hydrogens is 336 g/mol. The van der Waals surface area contributed by atoms with Gasteiger partial charge in [-0.05, 0) is 72.4 Å². The molecule has 0 aromatic heterocycles. The Morgan fingerprint density at radius 1 is 1.15 bits per heavy atom. The zero-order chi connectivity index (χ0) is 20.4. The number of benzene rings is 1. The van der Waals surface area contributed by atoms with Crippen molar-refractivity contribution in [2.24, 2.45) is 0 Å². The first-order valence-corrected chi connectivity index (χ1v) is 9.47. The molecule has 1 heterocycles. The lowest BCUT2D eigenvalue weighted by molar-refractivity contribution is -0.112. The Morgan fingerprint density at radius 3 is 2.15 bits per heavy atom. The van der Waals surface area contributed by atoms with Crippen LogP contribution in [0.4, 0.5) is 5.69 Å². The number of piperidine rings is 1. The second-order valence-electron chi connectivity index (χ2n) is 9.06. The maximum atomic E-state index is 12.6. The SMILES string of the molecule is Cc1cc(C)c(NC(=O)/C(C#N)=C\NC2CC(C)(C)NC(C)(C)C2)c(C)c1. The van der Waals surface area contributed by atoms with Gasteiger partial charge in [-0.1, -0.05) is 17.7 Å². The minimum absolute atomic E-state index is 0.00154. The Kier molecular flexibility index (Phi) is 6.01. The Balaban J connectivity index is 2.12. The molecule has 0 unspecified atom stereocenters. The summed E-state index contributed by atoms with van der Waals surface area (Å²) >= 11 is 0. The summed E-state index contributed by atoms with van der Waals surface area (Å²) < 4.78 is 0. The predicted molar refractivity (Wildman–Crippen MR) is 110 cm³/mol. The molecular formula is C22H32N4O. The van der Waals surface area contributed by atoms with Crippen LogP contribution in [0.5, 0.6) is 0 Å². The molecule has 1 saturated heterocycles. The third kappa shape index (κ3) is 5.58. The molecule has 1 aliphatic rings. The van der Waals surface area contributed by atoms with Crippen molar-refractivity contribution in [3.8, 4) is 6.07 Å². The van der Waals surface area contributed by atoms with E-state index in [0.29, 0.717) is 0 Å². The number of nitriles is 1. The number of rotatable bonds is 4. The summed E-state index contributed by atoms with van der Waals surface area (Å²) in [6.45, 7) is 14.6. The van der Waals surface area contributed by atoms with Crippen LogP contribution in [0.2, 0.25) is 0 Å². The average Bonchev–Trinajstić information content (AvgIpc) is 2.48. The number of carbonyl (C=O) groups is 1. The fourth-order valence-corrected chi connectivity index (χ4v) is 4.35. The summed E-state index contributed by atoms with van der Waals surface area (Å²) in [5.41, 5.74) is 3.99. The van der Waals surface area contributed by atoms with Gasteiger partial charge in [0.2, 0.25) is 0 Å². The minimum Gasteiger partial charge on any atom is -0.387 e. The molecule has 5 heteroatoms. The van der Waals surface area contributed by atoms with Crippen molar-refractivity contribution < 1.29 is 4.79 Å². The van der Waals surface area contributed by atoms with Crippen molar-refractivity contribution in [3.05, 3.63) is 40.6 Å². The first-order chi connectivity index (χ1) is 12.4. The van der Waals surface area contributed by atoms with Gasteiger partial charge in [-0.2, -0.15) is 5.26 Å². The van der Waals surface area contributed by atoms with Gasteiger partial charge in [0.1, 0.15) is 11.6 Å². The lowest BCUT2D eigenvalue weighted by Gasteiger charge is -2.46. The normalized spacial score (nSPS) is 19.3. The maximum Gasteiger partial charge on any atom is 0.267 e. The number of hydrogen-bond acceptors (Lipinski definition) is 4. The van der Waals surface area contributed by atoms with Crippen molar-refractivity contribution in [3.63, 3.8) is 0 Å². The van der Waals surface area contributed by atoms with Crippen LogP contribution in [0.15, 0.2) is 23.9 Å².